The van der Waals surface area contributed by atoms with E-state index in [1.165, 1.54) is 5.56 Å². The van der Waals surface area contributed by atoms with E-state index in [-0.39, 0.29) is 5.78 Å². The number of aromatic nitrogens is 1. The number of pyridine rings is 1. The van der Waals surface area contributed by atoms with Crippen LogP contribution in [0.15, 0.2) is 41.1 Å². The lowest BCUT2D eigenvalue weighted by Gasteiger charge is -2.08. The molecule has 0 spiro atoms. The Bertz CT molecular complexity index is 640. The second kappa shape index (κ2) is 5.75. The summed E-state index contributed by atoms with van der Waals surface area (Å²) in [5.41, 5.74) is 3.11. The van der Waals surface area contributed by atoms with Crippen LogP contribution in [0.2, 0.25) is 0 Å². The minimum Gasteiger partial charge on any atom is -0.493 e. The van der Waals surface area contributed by atoms with Gasteiger partial charge in [-0.3, -0.25) is 9.78 Å². The van der Waals surface area contributed by atoms with Crippen LogP contribution in [0.5, 0.6) is 5.75 Å². The third kappa shape index (κ3) is 2.90. The van der Waals surface area contributed by atoms with Crippen LogP contribution < -0.4 is 4.74 Å². The quantitative estimate of drug-likeness (QED) is 0.864. The van der Waals surface area contributed by atoms with Crippen LogP contribution in [0.25, 0.3) is 0 Å². The molecule has 1 aromatic carbocycles. The Kier molecular flexibility index (Phi) is 3.83. The van der Waals surface area contributed by atoms with Crippen LogP contribution in [0.3, 0.4) is 0 Å². The number of carbonyl (C=O) groups is 1. The first-order chi connectivity index (χ1) is 9.72. The Hall–Kier alpha value is -1.68. The van der Waals surface area contributed by atoms with E-state index in [0.717, 1.165) is 27.8 Å². The number of Topliss-reactive ketones (excluding diaryl/α,β-unsaturated/α-hetero) is 1. The molecule has 0 amide bonds. The van der Waals surface area contributed by atoms with E-state index >= 15 is 0 Å². The van der Waals surface area contributed by atoms with Gasteiger partial charge in [0.2, 0.25) is 0 Å². The molecule has 0 atom stereocenters. The van der Waals surface area contributed by atoms with E-state index < -0.39 is 0 Å². The number of halogens is 1. The van der Waals surface area contributed by atoms with Gasteiger partial charge in [-0.25, -0.2) is 0 Å². The lowest BCUT2D eigenvalue weighted by atomic mass is 10.0. The van der Waals surface area contributed by atoms with Gasteiger partial charge < -0.3 is 4.74 Å². The fraction of sp³-hybridized carbons (Fsp3) is 0.250. The van der Waals surface area contributed by atoms with E-state index in [1.807, 2.05) is 18.2 Å². The minimum atomic E-state index is 0.175. The molecule has 0 aliphatic carbocycles. The number of hydrogen-bond donors (Lipinski definition) is 0. The van der Waals surface area contributed by atoms with Gasteiger partial charge in [0.15, 0.2) is 0 Å². The SMILES string of the molecule is O=C(Cc1cccnc1)Cc1cc(Br)cc2c1OCC2. The highest BCUT2D eigenvalue weighted by atomic mass is 79.9. The van der Waals surface area contributed by atoms with Crippen LogP contribution in [0.1, 0.15) is 16.7 Å². The molecule has 1 aliphatic rings. The molecule has 0 saturated heterocycles. The van der Waals surface area contributed by atoms with Crippen molar-refractivity contribution < 1.29 is 9.53 Å². The predicted molar refractivity (Wildman–Crippen MR) is 80.0 cm³/mol. The van der Waals surface area contributed by atoms with Crippen LogP contribution in [-0.4, -0.2) is 17.4 Å². The number of fused-ring (bicyclic) bond motifs is 1. The Morgan fingerprint density at radius 3 is 3.05 bits per heavy atom. The van der Waals surface area contributed by atoms with Crippen LogP contribution in [0.4, 0.5) is 0 Å². The highest BCUT2D eigenvalue weighted by Gasteiger charge is 2.19. The summed E-state index contributed by atoms with van der Waals surface area (Å²) in [6.07, 6.45) is 5.17. The Morgan fingerprint density at radius 2 is 2.25 bits per heavy atom. The zero-order chi connectivity index (χ0) is 13.9. The van der Waals surface area contributed by atoms with E-state index in [0.29, 0.717) is 19.4 Å². The highest BCUT2D eigenvalue weighted by Crippen LogP contribution is 2.33. The summed E-state index contributed by atoms with van der Waals surface area (Å²) in [6.45, 7) is 0.704. The van der Waals surface area contributed by atoms with Gasteiger partial charge in [-0.05, 0) is 29.3 Å². The van der Waals surface area contributed by atoms with Gasteiger partial charge >= 0.3 is 0 Å². The van der Waals surface area contributed by atoms with Gasteiger partial charge in [0.1, 0.15) is 11.5 Å². The van der Waals surface area contributed by atoms with Crippen molar-refractivity contribution in [1.82, 2.24) is 4.98 Å². The van der Waals surface area contributed by atoms with Gasteiger partial charge in [0.05, 0.1) is 6.61 Å². The number of ketones is 1. The topological polar surface area (TPSA) is 39.2 Å². The van der Waals surface area contributed by atoms with Gasteiger partial charge in [0, 0.05) is 41.7 Å². The summed E-state index contributed by atoms with van der Waals surface area (Å²) >= 11 is 3.50. The molecule has 3 rings (SSSR count). The van der Waals surface area contributed by atoms with Crippen LogP contribution in [-0.2, 0) is 24.1 Å². The molecular formula is C16H14BrNO2. The maximum atomic E-state index is 12.2. The number of ether oxygens (including phenoxy) is 1. The maximum absolute atomic E-state index is 12.2. The minimum absolute atomic E-state index is 0.175. The standard InChI is InChI=1S/C16H14BrNO2/c17-14-7-12-3-5-20-16(12)13(8-14)9-15(19)6-11-2-1-4-18-10-11/h1-2,4,7-8,10H,3,5-6,9H2. The molecule has 2 aromatic rings. The molecule has 20 heavy (non-hydrogen) atoms. The second-order valence-corrected chi connectivity index (χ2v) is 5.82. The molecule has 0 radical (unpaired) electrons. The summed E-state index contributed by atoms with van der Waals surface area (Å²) in [7, 11) is 0. The lowest BCUT2D eigenvalue weighted by molar-refractivity contribution is -0.117. The number of benzene rings is 1. The zero-order valence-corrected chi connectivity index (χ0v) is 12.5. The third-order valence-electron chi connectivity index (χ3n) is 3.34. The average Bonchev–Trinajstić information content (AvgIpc) is 2.88. The van der Waals surface area contributed by atoms with E-state index in [9.17, 15) is 4.79 Å². The smallest absolute Gasteiger partial charge is 0.141 e. The molecule has 0 fully saturated rings. The van der Waals surface area contributed by atoms with Crippen molar-refractivity contribution in [2.24, 2.45) is 0 Å². The molecule has 3 nitrogen and oxygen atoms in total. The Labute approximate surface area is 126 Å². The molecule has 0 bridgehead atoms. The van der Waals surface area contributed by atoms with Crippen molar-refractivity contribution >= 4 is 21.7 Å². The second-order valence-electron chi connectivity index (χ2n) is 4.91. The monoisotopic (exact) mass is 331 g/mol. The van der Waals surface area contributed by atoms with Gasteiger partial charge in [-0.15, -0.1) is 0 Å². The molecule has 0 saturated carbocycles. The lowest BCUT2D eigenvalue weighted by Crippen LogP contribution is -2.08. The Morgan fingerprint density at radius 1 is 1.35 bits per heavy atom. The normalized spacial score (nSPS) is 12.8. The summed E-state index contributed by atoms with van der Waals surface area (Å²) in [6, 6.07) is 7.82. The summed E-state index contributed by atoms with van der Waals surface area (Å²) < 4.78 is 6.66. The van der Waals surface area contributed by atoms with E-state index in [4.69, 9.17) is 4.74 Å². The first-order valence-corrected chi connectivity index (χ1v) is 7.36. The molecular weight excluding hydrogens is 318 g/mol. The first-order valence-electron chi connectivity index (χ1n) is 6.57. The number of hydrogen-bond acceptors (Lipinski definition) is 3. The van der Waals surface area contributed by atoms with E-state index in [2.05, 4.69) is 27.0 Å². The van der Waals surface area contributed by atoms with Gasteiger partial charge in [-0.2, -0.15) is 0 Å². The maximum Gasteiger partial charge on any atom is 0.141 e. The molecule has 2 heterocycles. The first kappa shape index (κ1) is 13.3. The fourth-order valence-electron chi connectivity index (χ4n) is 2.48. The number of nitrogens with zero attached hydrogens (tertiary/aromatic N) is 1. The molecule has 102 valence electrons. The fourth-order valence-corrected chi connectivity index (χ4v) is 3.04. The molecule has 1 aliphatic heterocycles. The van der Waals surface area contributed by atoms with Crippen LogP contribution in [0, 0.1) is 0 Å². The molecule has 0 unspecified atom stereocenters. The predicted octanol–water partition coefficient (Wildman–Crippen LogP) is 3.13. The molecule has 1 aromatic heterocycles. The summed E-state index contributed by atoms with van der Waals surface area (Å²) in [5, 5.41) is 0. The summed E-state index contributed by atoms with van der Waals surface area (Å²) in [4.78, 5) is 16.2. The largest absolute Gasteiger partial charge is 0.493 e. The number of rotatable bonds is 4. The Balaban J connectivity index is 1.77. The van der Waals surface area contributed by atoms with Crippen molar-refractivity contribution in [3.63, 3.8) is 0 Å². The van der Waals surface area contributed by atoms with Gasteiger partial charge in [0.25, 0.3) is 0 Å². The third-order valence-corrected chi connectivity index (χ3v) is 3.79. The summed E-state index contributed by atoms with van der Waals surface area (Å²) in [5.74, 6) is 1.07. The van der Waals surface area contributed by atoms with Crippen molar-refractivity contribution in [3.8, 4) is 5.75 Å². The zero-order valence-electron chi connectivity index (χ0n) is 10.9. The van der Waals surface area contributed by atoms with Crippen molar-refractivity contribution in [3.05, 3.63) is 57.8 Å². The van der Waals surface area contributed by atoms with Crippen molar-refractivity contribution in [2.45, 2.75) is 19.3 Å². The number of carbonyl (C=O) groups excluding carboxylic acids is 1. The average molecular weight is 332 g/mol. The van der Waals surface area contributed by atoms with Gasteiger partial charge in [-0.1, -0.05) is 22.0 Å². The van der Waals surface area contributed by atoms with Crippen molar-refractivity contribution in [1.29, 1.82) is 0 Å². The molecule has 4 heteroatoms. The highest BCUT2D eigenvalue weighted by molar-refractivity contribution is 9.10. The molecule has 0 N–H and O–H groups in total. The van der Waals surface area contributed by atoms with Crippen LogP contribution >= 0.6 is 15.9 Å². The van der Waals surface area contributed by atoms with E-state index in [1.54, 1.807) is 12.4 Å². The van der Waals surface area contributed by atoms with Crippen molar-refractivity contribution in [2.75, 3.05) is 6.61 Å².